The van der Waals surface area contributed by atoms with Crippen molar-refractivity contribution in [1.82, 2.24) is 24.7 Å². The standard InChI is InChI=1S/C16H13N5/c1-11-14-16(21(20-11)13-5-3-2-4-6-13)19-15(18-14)12-7-9-17-10-8-12/h2-10H,1H3,(H,18,19). The summed E-state index contributed by atoms with van der Waals surface area (Å²) in [5.74, 6) is 0.831. The molecule has 5 heteroatoms. The van der Waals surface area contributed by atoms with Gasteiger partial charge < -0.3 is 4.98 Å². The molecular weight excluding hydrogens is 262 g/mol. The van der Waals surface area contributed by atoms with E-state index in [9.17, 15) is 0 Å². The second-order valence-electron chi connectivity index (χ2n) is 4.85. The van der Waals surface area contributed by atoms with Gasteiger partial charge in [-0.05, 0) is 31.2 Å². The highest BCUT2D eigenvalue weighted by atomic mass is 15.3. The molecule has 3 heterocycles. The Hall–Kier alpha value is -2.95. The van der Waals surface area contributed by atoms with E-state index in [1.165, 1.54) is 0 Å². The Balaban J connectivity index is 1.93. The van der Waals surface area contributed by atoms with E-state index in [0.717, 1.165) is 33.9 Å². The van der Waals surface area contributed by atoms with Gasteiger partial charge >= 0.3 is 0 Å². The van der Waals surface area contributed by atoms with Gasteiger partial charge in [-0.3, -0.25) is 4.98 Å². The van der Waals surface area contributed by atoms with E-state index in [0.29, 0.717) is 0 Å². The van der Waals surface area contributed by atoms with Crippen molar-refractivity contribution in [1.29, 1.82) is 0 Å². The number of aromatic amines is 1. The number of fused-ring (bicyclic) bond motifs is 1. The van der Waals surface area contributed by atoms with E-state index >= 15 is 0 Å². The normalized spacial score (nSPS) is 11.1. The van der Waals surface area contributed by atoms with Crippen molar-refractivity contribution in [2.75, 3.05) is 0 Å². The van der Waals surface area contributed by atoms with E-state index in [-0.39, 0.29) is 0 Å². The van der Waals surface area contributed by atoms with Crippen molar-refractivity contribution in [3.8, 4) is 17.1 Å². The van der Waals surface area contributed by atoms with Crippen molar-refractivity contribution in [2.24, 2.45) is 0 Å². The molecule has 4 aromatic rings. The van der Waals surface area contributed by atoms with Crippen molar-refractivity contribution in [3.05, 3.63) is 60.6 Å². The number of para-hydroxylation sites is 1. The maximum absolute atomic E-state index is 4.70. The van der Waals surface area contributed by atoms with Crippen LogP contribution in [0.5, 0.6) is 0 Å². The molecule has 1 aromatic carbocycles. The van der Waals surface area contributed by atoms with Crippen LogP contribution in [0.25, 0.3) is 28.2 Å². The monoisotopic (exact) mass is 275 g/mol. The molecule has 0 aliphatic rings. The SMILES string of the molecule is Cc1nn(-c2ccccc2)c2nc(-c3ccncc3)[nH]c12. The minimum atomic E-state index is 0.831. The average molecular weight is 275 g/mol. The molecule has 0 saturated heterocycles. The summed E-state index contributed by atoms with van der Waals surface area (Å²) in [5, 5.41) is 4.57. The Morgan fingerprint density at radius 3 is 2.52 bits per heavy atom. The van der Waals surface area contributed by atoms with Crippen LogP contribution in [0.4, 0.5) is 0 Å². The van der Waals surface area contributed by atoms with E-state index in [2.05, 4.69) is 15.1 Å². The number of hydrogen-bond acceptors (Lipinski definition) is 3. The van der Waals surface area contributed by atoms with Crippen molar-refractivity contribution in [3.63, 3.8) is 0 Å². The second kappa shape index (κ2) is 4.56. The van der Waals surface area contributed by atoms with E-state index in [1.54, 1.807) is 12.4 Å². The fourth-order valence-corrected chi connectivity index (χ4v) is 2.41. The third-order valence-corrected chi connectivity index (χ3v) is 3.45. The minimum absolute atomic E-state index is 0.831. The van der Waals surface area contributed by atoms with Crippen LogP contribution < -0.4 is 0 Å². The molecule has 4 rings (SSSR count). The lowest BCUT2D eigenvalue weighted by Crippen LogP contribution is -1.97. The number of aromatic nitrogens is 5. The molecule has 21 heavy (non-hydrogen) atoms. The summed E-state index contributed by atoms with van der Waals surface area (Å²) < 4.78 is 1.87. The molecule has 0 bridgehead atoms. The molecule has 3 aromatic heterocycles. The zero-order valence-electron chi connectivity index (χ0n) is 11.5. The first-order valence-corrected chi connectivity index (χ1v) is 6.74. The first-order valence-electron chi connectivity index (χ1n) is 6.74. The van der Waals surface area contributed by atoms with Gasteiger partial charge in [-0.15, -0.1) is 0 Å². The molecule has 0 saturated carbocycles. The van der Waals surface area contributed by atoms with E-state index < -0.39 is 0 Å². The summed E-state index contributed by atoms with van der Waals surface area (Å²) in [6.45, 7) is 1.98. The van der Waals surface area contributed by atoms with Gasteiger partial charge in [0, 0.05) is 18.0 Å². The molecule has 102 valence electrons. The fourth-order valence-electron chi connectivity index (χ4n) is 2.41. The lowest BCUT2D eigenvalue weighted by molar-refractivity contribution is 0.876. The molecule has 1 N–H and O–H groups in total. The molecule has 0 spiro atoms. The number of aryl methyl sites for hydroxylation is 1. The van der Waals surface area contributed by atoms with Crippen LogP contribution in [0.1, 0.15) is 5.69 Å². The molecule has 0 atom stereocenters. The number of rotatable bonds is 2. The molecule has 0 fully saturated rings. The van der Waals surface area contributed by atoms with Crippen LogP contribution in [0.2, 0.25) is 0 Å². The van der Waals surface area contributed by atoms with Crippen LogP contribution in [0, 0.1) is 6.92 Å². The summed E-state index contributed by atoms with van der Waals surface area (Å²) in [6.07, 6.45) is 3.53. The Morgan fingerprint density at radius 2 is 1.76 bits per heavy atom. The Morgan fingerprint density at radius 1 is 1.00 bits per heavy atom. The number of H-pyrrole nitrogens is 1. The molecule has 0 unspecified atom stereocenters. The van der Waals surface area contributed by atoms with Crippen LogP contribution in [0.15, 0.2) is 54.9 Å². The first-order chi connectivity index (χ1) is 10.3. The van der Waals surface area contributed by atoms with Crippen LogP contribution in [-0.4, -0.2) is 24.7 Å². The lowest BCUT2D eigenvalue weighted by Gasteiger charge is -2.00. The highest BCUT2D eigenvalue weighted by Gasteiger charge is 2.14. The summed E-state index contributed by atoms with van der Waals surface area (Å²) in [4.78, 5) is 12.1. The number of pyridine rings is 1. The molecule has 0 aliphatic heterocycles. The number of benzene rings is 1. The molecule has 0 radical (unpaired) electrons. The van der Waals surface area contributed by atoms with Crippen molar-refractivity contribution < 1.29 is 0 Å². The third kappa shape index (κ3) is 1.90. The molecule has 0 aliphatic carbocycles. The summed E-state index contributed by atoms with van der Waals surface area (Å²) >= 11 is 0. The summed E-state index contributed by atoms with van der Waals surface area (Å²) in [5.41, 5.74) is 4.75. The van der Waals surface area contributed by atoms with Crippen LogP contribution in [-0.2, 0) is 0 Å². The van der Waals surface area contributed by atoms with Crippen molar-refractivity contribution in [2.45, 2.75) is 6.92 Å². The van der Waals surface area contributed by atoms with Gasteiger partial charge in [0.25, 0.3) is 0 Å². The van der Waals surface area contributed by atoms with Crippen LogP contribution >= 0.6 is 0 Å². The lowest BCUT2D eigenvalue weighted by atomic mass is 10.2. The Kier molecular flexibility index (Phi) is 2.57. The zero-order valence-corrected chi connectivity index (χ0v) is 11.5. The van der Waals surface area contributed by atoms with E-state index in [1.807, 2.05) is 54.1 Å². The van der Waals surface area contributed by atoms with Gasteiger partial charge in [-0.2, -0.15) is 5.10 Å². The predicted molar refractivity (Wildman–Crippen MR) is 81.2 cm³/mol. The van der Waals surface area contributed by atoms with Gasteiger partial charge in [0.1, 0.15) is 11.3 Å². The summed E-state index contributed by atoms with van der Waals surface area (Å²) in [6, 6.07) is 13.9. The second-order valence-corrected chi connectivity index (χ2v) is 4.85. The number of nitrogens with zero attached hydrogens (tertiary/aromatic N) is 4. The van der Waals surface area contributed by atoms with Gasteiger partial charge in [0.05, 0.1) is 11.4 Å². The minimum Gasteiger partial charge on any atom is -0.335 e. The number of imidazole rings is 1. The number of hydrogen-bond donors (Lipinski definition) is 1. The topological polar surface area (TPSA) is 59.4 Å². The van der Waals surface area contributed by atoms with Gasteiger partial charge in [0.2, 0.25) is 0 Å². The predicted octanol–water partition coefficient (Wildman–Crippen LogP) is 3.12. The Labute approximate surface area is 121 Å². The molecular formula is C16H13N5. The average Bonchev–Trinajstić information content (AvgIpc) is 3.10. The smallest absolute Gasteiger partial charge is 0.181 e. The number of nitrogens with one attached hydrogen (secondary N) is 1. The fraction of sp³-hybridized carbons (Fsp3) is 0.0625. The molecule has 5 nitrogen and oxygen atoms in total. The third-order valence-electron chi connectivity index (χ3n) is 3.45. The Bertz CT molecular complexity index is 890. The summed E-state index contributed by atoms with van der Waals surface area (Å²) in [7, 11) is 0. The van der Waals surface area contributed by atoms with Gasteiger partial charge in [-0.25, -0.2) is 9.67 Å². The quantitative estimate of drug-likeness (QED) is 0.611. The zero-order chi connectivity index (χ0) is 14.2. The van der Waals surface area contributed by atoms with Crippen molar-refractivity contribution >= 4 is 11.2 Å². The highest BCUT2D eigenvalue weighted by Crippen LogP contribution is 2.24. The first kappa shape index (κ1) is 11.8. The maximum atomic E-state index is 4.70. The van der Waals surface area contributed by atoms with Crippen LogP contribution in [0.3, 0.4) is 0 Å². The maximum Gasteiger partial charge on any atom is 0.181 e. The largest absolute Gasteiger partial charge is 0.335 e. The van der Waals surface area contributed by atoms with Gasteiger partial charge in [-0.1, -0.05) is 18.2 Å². The highest BCUT2D eigenvalue weighted by molar-refractivity contribution is 5.80. The molecule has 0 amide bonds. The van der Waals surface area contributed by atoms with Gasteiger partial charge in [0.15, 0.2) is 5.65 Å². The van der Waals surface area contributed by atoms with E-state index in [4.69, 9.17) is 4.98 Å².